The molecule has 1 aliphatic carbocycles. The molecule has 2 aromatic carbocycles. The molecule has 0 heterocycles. The van der Waals surface area contributed by atoms with E-state index in [0.29, 0.717) is 15.6 Å². The van der Waals surface area contributed by atoms with Crippen LogP contribution in [0.25, 0.3) is 0 Å². The van der Waals surface area contributed by atoms with Crippen molar-refractivity contribution >= 4 is 73.9 Å². The zero-order valence-corrected chi connectivity index (χ0v) is 23.6. The standard InChI is InChI=1S/C24H27Cl4N3O4S/c1-15(24(33)29-16-6-3-4-7-16)30(13-18-19(25)8-5-9-20(18)26)23(32)14-31(36(2,34)35)17-10-11-21(27)22(28)12-17/h5,8-12,15-16H,3-4,6-7,13-14H2,1-2H3,(H,29,33). The molecule has 0 saturated heterocycles. The van der Waals surface area contributed by atoms with E-state index >= 15 is 0 Å². The molecule has 0 spiro atoms. The van der Waals surface area contributed by atoms with E-state index < -0.39 is 28.5 Å². The molecule has 2 amide bonds. The van der Waals surface area contributed by atoms with Crippen LogP contribution >= 0.6 is 46.4 Å². The minimum atomic E-state index is -3.90. The van der Waals surface area contributed by atoms with Gasteiger partial charge in [0, 0.05) is 28.2 Å². The number of carbonyl (C=O) groups excluding carboxylic acids is 2. The first kappa shape index (κ1) is 28.9. The molecule has 36 heavy (non-hydrogen) atoms. The molecule has 12 heteroatoms. The van der Waals surface area contributed by atoms with Gasteiger partial charge in [-0.1, -0.05) is 65.3 Å². The lowest BCUT2D eigenvalue weighted by molar-refractivity contribution is -0.139. The zero-order chi connectivity index (χ0) is 26.6. The number of halogens is 4. The summed E-state index contributed by atoms with van der Waals surface area (Å²) in [6, 6.07) is 8.33. The fourth-order valence-electron chi connectivity index (χ4n) is 4.08. The van der Waals surface area contributed by atoms with Crippen molar-refractivity contribution < 1.29 is 18.0 Å². The van der Waals surface area contributed by atoms with Gasteiger partial charge in [-0.3, -0.25) is 13.9 Å². The van der Waals surface area contributed by atoms with Crippen LogP contribution in [0.4, 0.5) is 5.69 Å². The van der Waals surface area contributed by atoms with Crippen molar-refractivity contribution in [3.63, 3.8) is 0 Å². The van der Waals surface area contributed by atoms with Crippen LogP contribution in [-0.4, -0.2) is 50.0 Å². The maximum Gasteiger partial charge on any atom is 0.244 e. The van der Waals surface area contributed by atoms with Gasteiger partial charge in [0.15, 0.2) is 0 Å². The van der Waals surface area contributed by atoms with E-state index in [1.807, 2.05) is 0 Å². The van der Waals surface area contributed by atoms with Crippen LogP contribution in [0, 0.1) is 0 Å². The molecular weight excluding hydrogens is 568 g/mol. The Balaban J connectivity index is 1.94. The maximum absolute atomic E-state index is 13.6. The van der Waals surface area contributed by atoms with E-state index in [0.717, 1.165) is 36.2 Å². The monoisotopic (exact) mass is 593 g/mol. The second-order valence-corrected chi connectivity index (χ2v) is 12.3. The number of rotatable bonds is 9. The number of carbonyl (C=O) groups is 2. The van der Waals surface area contributed by atoms with Gasteiger partial charge in [-0.2, -0.15) is 0 Å². The van der Waals surface area contributed by atoms with Crippen LogP contribution in [0.1, 0.15) is 38.2 Å². The van der Waals surface area contributed by atoms with Crippen LogP contribution in [0.15, 0.2) is 36.4 Å². The number of amides is 2. The number of nitrogens with zero attached hydrogens (tertiary/aromatic N) is 2. The van der Waals surface area contributed by atoms with Crippen molar-refractivity contribution in [2.75, 3.05) is 17.1 Å². The average molecular weight is 595 g/mol. The molecule has 0 radical (unpaired) electrons. The number of benzene rings is 2. The molecule has 7 nitrogen and oxygen atoms in total. The van der Waals surface area contributed by atoms with Crippen LogP contribution in [0.3, 0.4) is 0 Å². The molecule has 0 bridgehead atoms. The summed E-state index contributed by atoms with van der Waals surface area (Å²) < 4.78 is 26.2. The van der Waals surface area contributed by atoms with Crippen LogP contribution in [0.2, 0.25) is 20.1 Å². The summed E-state index contributed by atoms with van der Waals surface area (Å²) in [5.41, 5.74) is 0.620. The fourth-order valence-corrected chi connectivity index (χ4v) is 5.73. The summed E-state index contributed by atoms with van der Waals surface area (Å²) in [5, 5.41) is 4.03. The number of hydrogen-bond acceptors (Lipinski definition) is 4. The predicted octanol–water partition coefficient (Wildman–Crippen LogP) is 5.54. The van der Waals surface area contributed by atoms with Crippen molar-refractivity contribution in [1.82, 2.24) is 10.2 Å². The lowest BCUT2D eigenvalue weighted by Gasteiger charge is -2.32. The molecule has 1 saturated carbocycles. The van der Waals surface area contributed by atoms with E-state index in [1.165, 1.54) is 23.1 Å². The second kappa shape index (κ2) is 12.2. The van der Waals surface area contributed by atoms with Crippen LogP contribution < -0.4 is 9.62 Å². The first-order valence-electron chi connectivity index (χ1n) is 11.3. The van der Waals surface area contributed by atoms with Gasteiger partial charge in [0.1, 0.15) is 12.6 Å². The summed E-state index contributed by atoms with van der Waals surface area (Å²) in [4.78, 5) is 28.0. The Morgan fingerprint density at radius 2 is 1.61 bits per heavy atom. The minimum absolute atomic E-state index is 0.0459. The topological polar surface area (TPSA) is 86.8 Å². The first-order chi connectivity index (χ1) is 16.9. The highest BCUT2D eigenvalue weighted by Gasteiger charge is 2.32. The zero-order valence-electron chi connectivity index (χ0n) is 19.8. The van der Waals surface area contributed by atoms with E-state index in [1.54, 1.807) is 25.1 Å². The van der Waals surface area contributed by atoms with E-state index in [4.69, 9.17) is 46.4 Å². The fraction of sp³-hybridized carbons (Fsp3) is 0.417. The van der Waals surface area contributed by atoms with Gasteiger partial charge in [0.25, 0.3) is 0 Å². The Morgan fingerprint density at radius 1 is 1.00 bits per heavy atom. The second-order valence-electron chi connectivity index (χ2n) is 8.76. The summed E-state index contributed by atoms with van der Waals surface area (Å²) >= 11 is 24.8. The molecule has 1 fully saturated rings. The average Bonchev–Trinajstić information content (AvgIpc) is 3.31. The van der Waals surface area contributed by atoms with Gasteiger partial charge < -0.3 is 10.2 Å². The lowest BCUT2D eigenvalue weighted by atomic mass is 10.1. The third kappa shape index (κ3) is 7.19. The molecule has 0 aromatic heterocycles. The SMILES string of the molecule is CC(C(=O)NC1CCCC1)N(Cc1c(Cl)cccc1Cl)C(=O)CN(c1ccc(Cl)c(Cl)c1)S(C)(=O)=O. The van der Waals surface area contributed by atoms with Crippen molar-refractivity contribution in [1.29, 1.82) is 0 Å². The van der Waals surface area contributed by atoms with E-state index in [2.05, 4.69) is 5.32 Å². The van der Waals surface area contributed by atoms with Crippen molar-refractivity contribution in [3.05, 3.63) is 62.1 Å². The Hall–Kier alpha value is -1.71. The van der Waals surface area contributed by atoms with Crippen LogP contribution in [-0.2, 0) is 26.2 Å². The molecular formula is C24H27Cl4N3O4S. The normalized spacial score (nSPS) is 14.9. The molecule has 0 aliphatic heterocycles. The molecule has 1 N–H and O–H groups in total. The van der Waals surface area contributed by atoms with E-state index in [9.17, 15) is 18.0 Å². The number of nitrogens with one attached hydrogen (secondary N) is 1. The van der Waals surface area contributed by atoms with Gasteiger partial charge >= 0.3 is 0 Å². The summed E-state index contributed by atoms with van der Waals surface area (Å²) in [6.45, 7) is 0.937. The van der Waals surface area contributed by atoms with Gasteiger partial charge in [-0.05, 0) is 50.1 Å². The third-order valence-electron chi connectivity index (χ3n) is 6.13. The highest BCUT2D eigenvalue weighted by Crippen LogP contribution is 2.30. The van der Waals surface area contributed by atoms with Crippen molar-refractivity contribution in [2.24, 2.45) is 0 Å². The van der Waals surface area contributed by atoms with Crippen LogP contribution in [0.5, 0.6) is 0 Å². The maximum atomic E-state index is 13.6. The van der Waals surface area contributed by atoms with E-state index in [-0.39, 0.29) is 34.2 Å². The lowest BCUT2D eigenvalue weighted by Crippen LogP contribution is -2.52. The number of sulfonamides is 1. The van der Waals surface area contributed by atoms with Crippen molar-refractivity contribution in [3.8, 4) is 0 Å². The highest BCUT2D eigenvalue weighted by atomic mass is 35.5. The Morgan fingerprint density at radius 3 is 2.17 bits per heavy atom. The third-order valence-corrected chi connectivity index (χ3v) is 8.72. The predicted molar refractivity (Wildman–Crippen MR) is 146 cm³/mol. The molecule has 3 rings (SSSR count). The van der Waals surface area contributed by atoms with Crippen molar-refractivity contribution in [2.45, 2.75) is 51.2 Å². The highest BCUT2D eigenvalue weighted by molar-refractivity contribution is 7.92. The van der Waals surface area contributed by atoms with Gasteiger partial charge in [-0.25, -0.2) is 8.42 Å². The molecule has 1 aliphatic rings. The molecule has 1 atom stereocenters. The molecule has 1 unspecified atom stereocenters. The number of hydrogen-bond donors (Lipinski definition) is 1. The summed E-state index contributed by atoms with van der Waals surface area (Å²) in [7, 11) is -3.90. The smallest absolute Gasteiger partial charge is 0.244 e. The molecule has 196 valence electrons. The van der Waals surface area contributed by atoms with Gasteiger partial charge in [0.05, 0.1) is 22.0 Å². The minimum Gasteiger partial charge on any atom is -0.352 e. The quantitative estimate of drug-likeness (QED) is 0.413. The summed E-state index contributed by atoms with van der Waals surface area (Å²) in [6.07, 6.45) is 4.80. The largest absolute Gasteiger partial charge is 0.352 e. The first-order valence-corrected chi connectivity index (χ1v) is 14.7. The Kier molecular flexibility index (Phi) is 9.80. The molecule has 2 aromatic rings. The Bertz CT molecular complexity index is 1220. The number of anilines is 1. The van der Waals surface area contributed by atoms with Gasteiger partial charge in [-0.15, -0.1) is 0 Å². The van der Waals surface area contributed by atoms with Gasteiger partial charge in [0.2, 0.25) is 21.8 Å². The summed E-state index contributed by atoms with van der Waals surface area (Å²) in [5.74, 6) is -0.949. The Labute approximate surface area is 231 Å².